The van der Waals surface area contributed by atoms with Gasteiger partial charge in [-0.05, 0) is 55.0 Å². The number of aromatic nitrogens is 1. The molecule has 0 aliphatic carbocycles. The summed E-state index contributed by atoms with van der Waals surface area (Å²) < 4.78 is 49.7. The lowest BCUT2D eigenvalue weighted by Crippen LogP contribution is -2.43. The molecule has 3 aromatic rings. The molecule has 0 saturated carbocycles. The number of piperidine rings is 1. The van der Waals surface area contributed by atoms with E-state index in [4.69, 9.17) is 9.47 Å². The SMILES string of the molecule is Cc1ccc(OC(=O)N2CCC(Oc3ccn(-c4ccc(S(C)(=O)=O)cc4)c(=O)c3)CC2)c(F)c1. The number of pyridine rings is 1. The van der Waals surface area contributed by atoms with E-state index in [9.17, 15) is 22.4 Å². The molecule has 0 atom stereocenters. The van der Waals surface area contributed by atoms with Crippen LogP contribution in [0.25, 0.3) is 5.69 Å². The van der Waals surface area contributed by atoms with E-state index in [1.807, 2.05) is 0 Å². The van der Waals surface area contributed by atoms with Gasteiger partial charge in [-0.25, -0.2) is 17.6 Å². The number of rotatable bonds is 5. The van der Waals surface area contributed by atoms with Crippen LogP contribution in [-0.4, -0.2) is 49.4 Å². The third-order valence-corrected chi connectivity index (χ3v) is 6.85. The molecule has 10 heteroatoms. The molecule has 0 bridgehead atoms. The molecular formula is C25H25FN2O6S. The first-order chi connectivity index (χ1) is 16.6. The zero-order chi connectivity index (χ0) is 25.2. The number of nitrogens with zero attached hydrogens (tertiary/aromatic N) is 2. The number of hydrogen-bond acceptors (Lipinski definition) is 6. The summed E-state index contributed by atoms with van der Waals surface area (Å²) >= 11 is 0. The number of sulfone groups is 1. The van der Waals surface area contributed by atoms with Crippen LogP contribution in [-0.2, 0) is 9.84 Å². The summed E-state index contributed by atoms with van der Waals surface area (Å²) in [6.45, 7) is 2.50. The fourth-order valence-electron chi connectivity index (χ4n) is 3.80. The summed E-state index contributed by atoms with van der Waals surface area (Å²) in [6, 6.07) is 13.5. The van der Waals surface area contributed by atoms with Crippen LogP contribution in [0.2, 0.25) is 0 Å². The van der Waals surface area contributed by atoms with Gasteiger partial charge in [0.1, 0.15) is 11.9 Å². The average Bonchev–Trinajstić information content (AvgIpc) is 2.81. The van der Waals surface area contributed by atoms with Crippen LogP contribution < -0.4 is 15.0 Å². The number of carbonyl (C=O) groups is 1. The van der Waals surface area contributed by atoms with E-state index in [-0.39, 0.29) is 22.3 Å². The zero-order valence-corrected chi connectivity index (χ0v) is 20.1. The largest absolute Gasteiger partial charge is 0.490 e. The van der Waals surface area contributed by atoms with Crippen LogP contribution in [0, 0.1) is 12.7 Å². The molecule has 1 saturated heterocycles. The summed E-state index contributed by atoms with van der Waals surface area (Å²) in [7, 11) is -3.32. The van der Waals surface area contributed by atoms with Gasteiger partial charge in [0.2, 0.25) is 0 Å². The molecule has 1 fully saturated rings. The molecule has 2 heterocycles. The number of benzene rings is 2. The highest BCUT2D eigenvalue weighted by Gasteiger charge is 2.26. The molecule has 2 aromatic carbocycles. The molecule has 1 aliphatic rings. The van der Waals surface area contributed by atoms with Crippen molar-refractivity contribution in [3.63, 3.8) is 0 Å². The monoisotopic (exact) mass is 500 g/mol. The summed E-state index contributed by atoms with van der Waals surface area (Å²) in [5.41, 5.74) is 0.944. The van der Waals surface area contributed by atoms with Gasteiger partial charge in [0.25, 0.3) is 5.56 Å². The Bertz CT molecular complexity index is 1390. The van der Waals surface area contributed by atoms with E-state index in [1.54, 1.807) is 37.4 Å². The summed E-state index contributed by atoms with van der Waals surface area (Å²) in [5.74, 6) is -0.287. The van der Waals surface area contributed by atoms with E-state index >= 15 is 0 Å². The molecule has 1 aromatic heterocycles. The Kier molecular flexibility index (Phi) is 6.93. The quantitative estimate of drug-likeness (QED) is 0.530. The van der Waals surface area contributed by atoms with Crippen molar-refractivity contribution in [2.45, 2.75) is 30.8 Å². The first-order valence-electron chi connectivity index (χ1n) is 11.0. The van der Waals surface area contributed by atoms with E-state index < -0.39 is 21.7 Å². The third kappa shape index (κ3) is 5.89. The third-order valence-electron chi connectivity index (χ3n) is 5.72. The molecule has 4 rings (SSSR count). The highest BCUT2D eigenvalue weighted by molar-refractivity contribution is 7.90. The van der Waals surface area contributed by atoms with Crippen molar-refractivity contribution in [3.05, 3.63) is 82.5 Å². The lowest BCUT2D eigenvalue weighted by molar-refractivity contribution is 0.0922. The van der Waals surface area contributed by atoms with Gasteiger partial charge < -0.3 is 14.4 Å². The van der Waals surface area contributed by atoms with Gasteiger partial charge in [0, 0.05) is 50.1 Å². The van der Waals surface area contributed by atoms with Crippen molar-refractivity contribution in [1.29, 1.82) is 0 Å². The Morgan fingerprint density at radius 2 is 1.71 bits per heavy atom. The summed E-state index contributed by atoms with van der Waals surface area (Å²) in [4.78, 5) is 26.6. The molecule has 0 spiro atoms. The molecule has 8 nitrogen and oxygen atoms in total. The van der Waals surface area contributed by atoms with Crippen LogP contribution in [0.1, 0.15) is 18.4 Å². The molecule has 0 N–H and O–H groups in total. The minimum absolute atomic E-state index is 0.106. The Morgan fingerprint density at radius 1 is 1.03 bits per heavy atom. The van der Waals surface area contributed by atoms with E-state index in [0.29, 0.717) is 37.4 Å². The first-order valence-corrected chi connectivity index (χ1v) is 12.9. The van der Waals surface area contributed by atoms with Crippen LogP contribution in [0.4, 0.5) is 9.18 Å². The molecule has 1 aliphatic heterocycles. The Labute approximate surface area is 202 Å². The maximum atomic E-state index is 13.9. The normalized spacial score (nSPS) is 14.5. The number of aryl methyl sites for hydroxylation is 1. The minimum Gasteiger partial charge on any atom is -0.490 e. The van der Waals surface area contributed by atoms with Crippen LogP contribution >= 0.6 is 0 Å². The van der Waals surface area contributed by atoms with E-state index in [0.717, 1.165) is 11.8 Å². The maximum Gasteiger partial charge on any atom is 0.415 e. The zero-order valence-electron chi connectivity index (χ0n) is 19.3. The smallest absolute Gasteiger partial charge is 0.415 e. The van der Waals surface area contributed by atoms with Crippen LogP contribution in [0.3, 0.4) is 0 Å². The number of hydrogen-bond donors (Lipinski definition) is 0. The van der Waals surface area contributed by atoms with Crippen molar-refractivity contribution in [1.82, 2.24) is 9.47 Å². The molecule has 0 radical (unpaired) electrons. The second-order valence-corrected chi connectivity index (χ2v) is 10.5. The predicted octanol–water partition coefficient (Wildman–Crippen LogP) is 3.73. The number of ether oxygens (including phenoxy) is 2. The second kappa shape index (κ2) is 9.91. The number of amides is 1. The Morgan fingerprint density at radius 3 is 2.31 bits per heavy atom. The van der Waals surface area contributed by atoms with Crippen molar-refractivity contribution in [2.75, 3.05) is 19.3 Å². The van der Waals surface area contributed by atoms with Gasteiger partial charge in [0.05, 0.1) is 4.90 Å². The van der Waals surface area contributed by atoms with Crippen molar-refractivity contribution >= 4 is 15.9 Å². The highest BCUT2D eigenvalue weighted by Crippen LogP contribution is 2.22. The number of likely N-dealkylation sites (tertiary alicyclic amines) is 1. The number of carbonyl (C=O) groups excluding carboxylic acids is 1. The fraction of sp³-hybridized carbons (Fsp3) is 0.280. The molecule has 1 amide bonds. The predicted molar refractivity (Wildman–Crippen MR) is 128 cm³/mol. The minimum atomic E-state index is -3.32. The van der Waals surface area contributed by atoms with Gasteiger partial charge in [-0.1, -0.05) is 6.07 Å². The van der Waals surface area contributed by atoms with Gasteiger partial charge >= 0.3 is 6.09 Å². The molecule has 184 valence electrons. The summed E-state index contributed by atoms with van der Waals surface area (Å²) in [5, 5.41) is 0. The van der Waals surface area contributed by atoms with Crippen LogP contribution in [0.5, 0.6) is 11.5 Å². The second-order valence-electron chi connectivity index (χ2n) is 8.44. The van der Waals surface area contributed by atoms with E-state index in [1.165, 1.54) is 39.8 Å². The highest BCUT2D eigenvalue weighted by atomic mass is 32.2. The molecule has 35 heavy (non-hydrogen) atoms. The van der Waals surface area contributed by atoms with Crippen molar-refractivity contribution in [3.8, 4) is 17.2 Å². The van der Waals surface area contributed by atoms with Crippen molar-refractivity contribution < 1.29 is 27.1 Å². The summed E-state index contributed by atoms with van der Waals surface area (Å²) in [6.07, 6.45) is 2.94. The average molecular weight is 501 g/mol. The van der Waals surface area contributed by atoms with E-state index in [2.05, 4.69) is 0 Å². The lowest BCUT2D eigenvalue weighted by atomic mass is 10.1. The van der Waals surface area contributed by atoms with Gasteiger partial charge in [-0.3, -0.25) is 9.36 Å². The standard InChI is InChI=1S/C25H25FN2O6S/c1-17-3-8-23(22(26)15-17)34-25(30)27-12-9-19(10-13-27)33-20-11-14-28(24(29)16-20)18-4-6-21(7-5-18)35(2,31)32/h3-8,11,14-16,19H,9-10,12-13H2,1-2H3. The number of halogens is 1. The Hall–Kier alpha value is -3.66. The van der Waals surface area contributed by atoms with Crippen molar-refractivity contribution in [2.24, 2.45) is 0 Å². The lowest BCUT2D eigenvalue weighted by Gasteiger charge is -2.31. The molecule has 0 unspecified atom stereocenters. The molecular weight excluding hydrogens is 475 g/mol. The Balaban J connectivity index is 1.34. The van der Waals surface area contributed by atoms with Gasteiger partial charge in [0.15, 0.2) is 21.4 Å². The maximum absolute atomic E-state index is 13.9. The van der Waals surface area contributed by atoms with Gasteiger partial charge in [-0.2, -0.15) is 0 Å². The fourth-order valence-corrected chi connectivity index (χ4v) is 4.43. The first kappa shape index (κ1) is 24.5. The van der Waals surface area contributed by atoms with Crippen LogP contribution in [0.15, 0.2) is 70.5 Å². The van der Waals surface area contributed by atoms with Gasteiger partial charge in [-0.15, -0.1) is 0 Å². The topological polar surface area (TPSA) is 94.9 Å².